The Morgan fingerprint density at radius 1 is 0.625 bits per heavy atom. The average molecular weight is 335 g/mol. The minimum absolute atomic E-state index is 1.00. The number of unbranched alkanes of at least 4 members (excludes halogenated alkanes) is 1. The van der Waals surface area contributed by atoms with Gasteiger partial charge in [-0.05, 0) is 0 Å². The molecule has 0 atom stereocenters. The Labute approximate surface area is 145 Å². The predicted molar refractivity (Wildman–Crippen MR) is 109 cm³/mol. The molecule has 0 bridgehead atoms. The van der Waals surface area contributed by atoms with E-state index in [2.05, 4.69) is 97.9 Å². The summed E-state index contributed by atoms with van der Waals surface area (Å²) in [5.74, 6) is 0. The van der Waals surface area contributed by atoms with Crippen LogP contribution in [-0.2, 0) is 0 Å². The van der Waals surface area contributed by atoms with Crippen molar-refractivity contribution < 1.29 is 0 Å². The van der Waals surface area contributed by atoms with Gasteiger partial charge in [0.15, 0.2) is 0 Å². The third-order valence-electron chi connectivity index (χ3n) is 5.01. The summed E-state index contributed by atoms with van der Waals surface area (Å²) < 4.78 is 0. The van der Waals surface area contributed by atoms with Gasteiger partial charge in [-0.2, -0.15) is 0 Å². The molecule has 0 aromatic heterocycles. The van der Waals surface area contributed by atoms with Crippen LogP contribution in [0.5, 0.6) is 0 Å². The standard InChI is InChI=1S/C22H26NP/c1-2-3-19-24(23,20-13-7-4-8-14-20,21-15-9-5-10-16-21)22-17-11-6-12-18-22/h4-18H,2-3,19,23H2,1H3. The summed E-state index contributed by atoms with van der Waals surface area (Å²) in [6.07, 6.45) is 3.26. The van der Waals surface area contributed by atoms with Gasteiger partial charge < -0.3 is 0 Å². The summed E-state index contributed by atoms with van der Waals surface area (Å²) in [5, 5.41) is 3.82. The Hall–Kier alpha value is -1.95. The van der Waals surface area contributed by atoms with Crippen molar-refractivity contribution in [3.05, 3.63) is 91.0 Å². The van der Waals surface area contributed by atoms with Crippen LogP contribution in [0.15, 0.2) is 91.0 Å². The van der Waals surface area contributed by atoms with Crippen LogP contribution in [0, 0.1) is 0 Å². The van der Waals surface area contributed by atoms with Gasteiger partial charge in [0.1, 0.15) is 0 Å². The topological polar surface area (TPSA) is 26.0 Å². The van der Waals surface area contributed by atoms with Gasteiger partial charge in [0.05, 0.1) is 0 Å². The zero-order chi connectivity index (χ0) is 16.9. The summed E-state index contributed by atoms with van der Waals surface area (Å²) in [7, 11) is 0. The number of hydrogen-bond donors (Lipinski definition) is 1. The van der Waals surface area contributed by atoms with Crippen molar-refractivity contribution in [2.24, 2.45) is 5.50 Å². The quantitative estimate of drug-likeness (QED) is 0.672. The predicted octanol–water partition coefficient (Wildman–Crippen LogP) is 4.19. The minimum atomic E-state index is -2.95. The van der Waals surface area contributed by atoms with Gasteiger partial charge in [-0.1, -0.05) is 0 Å². The maximum atomic E-state index is 7.60. The van der Waals surface area contributed by atoms with E-state index in [1.807, 2.05) is 0 Å². The Morgan fingerprint density at radius 2 is 0.958 bits per heavy atom. The Kier molecular flexibility index (Phi) is 4.85. The summed E-state index contributed by atoms with van der Waals surface area (Å²) in [4.78, 5) is 0. The molecule has 3 aromatic rings. The van der Waals surface area contributed by atoms with E-state index in [9.17, 15) is 0 Å². The van der Waals surface area contributed by atoms with Crippen LogP contribution in [0.25, 0.3) is 0 Å². The summed E-state index contributed by atoms with van der Waals surface area (Å²) in [6, 6.07) is 32.2. The van der Waals surface area contributed by atoms with Gasteiger partial charge in [-0.25, -0.2) is 0 Å². The Morgan fingerprint density at radius 3 is 1.25 bits per heavy atom. The summed E-state index contributed by atoms with van der Waals surface area (Å²) in [5.41, 5.74) is 7.60. The van der Waals surface area contributed by atoms with Gasteiger partial charge >= 0.3 is 145 Å². The van der Waals surface area contributed by atoms with E-state index in [0.29, 0.717) is 0 Å². The van der Waals surface area contributed by atoms with Crippen LogP contribution in [0.3, 0.4) is 0 Å². The third kappa shape index (κ3) is 2.69. The second-order valence-electron chi connectivity index (χ2n) is 6.46. The second-order valence-corrected chi connectivity index (χ2v) is 11.2. The van der Waals surface area contributed by atoms with E-state index in [1.165, 1.54) is 15.9 Å². The fraction of sp³-hybridized carbons (Fsp3) is 0.182. The van der Waals surface area contributed by atoms with E-state index in [-0.39, 0.29) is 0 Å². The molecular formula is C22H26NP. The van der Waals surface area contributed by atoms with Crippen LogP contribution in [0.2, 0.25) is 0 Å². The van der Waals surface area contributed by atoms with Crippen LogP contribution >= 0.6 is 6.75 Å². The van der Waals surface area contributed by atoms with Crippen molar-refractivity contribution >= 4 is 22.7 Å². The molecule has 1 nitrogen and oxygen atoms in total. The Bertz CT molecular complexity index is 669. The molecule has 2 N–H and O–H groups in total. The fourth-order valence-electron chi connectivity index (χ4n) is 3.63. The van der Waals surface area contributed by atoms with Crippen LogP contribution < -0.4 is 21.4 Å². The second kappa shape index (κ2) is 6.89. The first-order chi connectivity index (χ1) is 11.7. The SMILES string of the molecule is CCCCP(N)(c1ccccc1)(c1ccccc1)c1ccccc1. The molecule has 0 spiro atoms. The number of benzene rings is 3. The van der Waals surface area contributed by atoms with Gasteiger partial charge in [0, 0.05) is 0 Å². The van der Waals surface area contributed by atoms with Gasteiger partial charge in [-0.15, -0.1) is 0 Å². The van der Waals surface area contributed by atoms with Crippen molar-refractivity contribution in [1.29, 1.82) is 0 Å². The van der Waals surface area contributed by atoms with E-state index in [1.54, 1.807) is 0 Å². The molecule has 0 aliphatic carbocycles. The molecular weight excluding hydrogens is 309 g/mol. The molecule has 3 aromatic carbocycles. The molecule has 0 aliphatic rings. The molecule has 124 valence electrons. The first-order valence-electron chi connectivity index (χ1n) is 8.68. The van der Waals surface area contributed by atoms with E-state index in [4.69, 9.17) is 5.50 Å². The molecule has 0 amide bonds. The van der Waals surface area contributed by atoms with Crippen molar-refractivity contribution in [2.45, 2.75) is 19.8 Å². The van der Waals surface area contributed by atoms with Crippen molar-refractivity contribution in [3.63, 3.8) is 0 Å². The number of rotatable bonds is 6. The molecule has 0 radical (unpaired) electrons. The number of hydrogen-bond acceptors (Lipinski definition) is 1. The zero-order valence-electron chi connectivity index (χ0n) is 14.3. The Balaban J connectivity index is 2.37. The van der Waals surface area contributed by atoms with E-state index >= 15 is 0 Å². The molecule has 2 heteroatoms. The average Bonchev–Trinajstić information content (AvgIpc) is 2.68. The van der Waals surface area contributed by atoms with Crippen molar-refractivity contribution in [2.75, 3.05) is 6.16 Å². The van der Waals surface area contributed by atoms with Crippen LogP contribution in [0.4, 0.5) is 0 Å². The fourth-order valence-corrected chi connectivity index (χ4v) is 8.83. The first-order valence-corrected chi connectivity index (χ1v) is 11.2. The zero-order valence-corrected chi connectivity index (χ0v) is 15.2. The van der Waals surface area contributed by atoms with Gasteiger partial charge in [-0.3, -0.25) is 0 Å². The van der Waals surface area contributed by atoms with Crippen molar-refractivity contribution in [3.8, 4) is 0 Å². The third-order valence-corrected chi connectivity index (χ3v) is 10.7. The van der Waals surface area contributed by atoms with Gasteiger partial charge in [0.2, 0.25) is 0 Å². The van der Waals surface area contributed by atoms with E-state index < -0.39 is 6.75 Å². The van der Waals surface area contributed by atoms with Gasteiger partial charge in [0.25, 0.3) is 0 Å². The summed E-state index contributed by atoms with van der Waals surface area (Å²) in [6.45, 7) is -0.714. The monoisotopic (exact) mass is 335 g/mol. The van der Waals surface area contributed by atoms with E-state index in [0.717, 1.165) is 19.0 Å². The number of nitrogens with two attached hydrogens (primary N) is 1. The molecule has 0 fully saturated rings. The molecule has 0 heterocycles. The van der Waals surface area contributed by atoms with Crippen LogP contribution in [-0.4, -0.2) is 6.16 Å². The summed E-state index contributed by atoms with van der Waals surface area (Å²) >= 11 is 0. The molecule has 0 unspecified atom stereocenters. The first kappa shape index (κ1) is 16.9. The normalized spacial score (nSPS) is 13.2. The van der Waals surface area contributed by atoms with Crippen LogP contribution in [0.1, 0.15) is 19.8 Å². The molecule has 0 aliphatic heterocycles. The molecule has 0 saturated heterocycles. The molecule has 24 heavy (non-hydrogen) atoms. The molecule has 3 rings (SSSR count). The van der Waals surface area contributed by atoms with Crippen molar-refractivity contribution in [1.82, 2.24) is 0 Å². The molecule has 0 saturated carbocycles. The maximum absolute atomic E-state index is 7.60.